The molecule has 1 aliphatic rings. The Bertz CT molecular complexity index is 304. The summed E-state index contributed by atoms with van der Waals surface area (Å²) in [6, 6.07) is 0.198. The van der Waals surface area contributed by atoms with Crippen molar-refractivity contribution < 1.29 is 9.59 Å². The van der Waals surface area contributed by atoms with Crippen LogP contribution < -0.4 is 16.6 Å². The van der Waals surface area contributed by atoms with E-state index in [9.17, 15) is 9.59 Å². The van der Waals surface area contributed by atoms with Crippen LogP contribution in [0.25, 0.3) is 0 Å². The average molecular weight is 242 g/mol. The zero-order valence-corrected chi connectivity index (χ0v) is 10.7. The first-order valence-electron chi connectivity index (χ1n) is 5.85. The molecule has 0 aliphatic carbocycles. The Kier molecular flexibility index (Phi) is 4.47. The number of hydrogen-bond acceptors (Lipinski definition) is 4. The summed E-state index contributed by atoms with van der Waals surface area (Å²) in [5.41, 5.74) is 1.67. The molecule has 1 rings (SSSR count). The summed E-state index contributed by atoms with van der Waals surface area (Å²) in [7, 11) is 0. The largest absolute Gasteiger partial charge is 0.352 e. The second-order valence-corrected chi connectivity index (χ2v) is 5.28. The molecule has 1 aliphatic heterocycles. The Morgan fingerprint density at radius 3 is 2.65 bits per heavy atom. The van der Waals surface area contributed by atoms with E-state index in [0.29, 0.717) is 6.54 Å². The summed E-state index contributed by atoms with van der Waals surface area (Å²) < 4.78 is 0. The minimum Gasteiger partial charge on any atom is -0.352 e. The van der Waals surface area contributed by atoms with Crippen LogP contribution in [-0.4, -0.2) is 42.4 Å². The van der Waals surface area contributed by atoms with E-state index in [0.717, 1.165) is 19.5 Å². The highest BCUT2D eigenvalue weighted by Gasteiger charge is 2.32. The number of likely N-dealkylation sites (tertiary alicyclic amines) is 1. The monoisotopic (exact) mass is 242 g/mol. The van der Waals surface area contributed by atoms with Crippen molar-refractivity contribution in [1.29, 1.82) is 0 Å². The van der Waals surface area contributed by atoms with Gasteiger partial charge in [-0.1, -0.05) is 0 Å². The minimum atomic E-state index is -0.514. The standard InChI is InChI=1S/C11H22N4O2/c1-8(16)13-9-4-5-15(6-9)7-11(2,3)10(17)14-12/h9H,4-7,12H2,1-3H3,(H,13,16)(H,14,17). The third-order valence-corrected chi connectivity index (χ3v) is 3.04. The fourth-order valence-electron chi connectivity index (χ4n) is 2.21. The number of nitrogens with two attached hydrogens (primary N) is 1. The number of carbonyl (C=O) groups is 2. The van der Waals surface area contributed by atoms with E-state index in [2.05, 4.69) is 15.6 Å². The van der Waals surface area contributed by atoms with Gasteiger partial charge in [-0.2, -0.15) is 0 Å². The fraction of sp³-hybridized carbons (Fsp3) is 0.818. The lowest BCUT2D eigenvalue weighted by Crippen LogP contribution is -2.47. The molecule has 0 aromatic carbocycles. The van der Waals surface area contributed by atoms with Gasteiger partial charge >= 0.3 is 0 Å². The van der Waals surface area contributed by atoms with E-state index in [-0.39, 0.29) is 17.9 Å². The smallest absolute Gasteiger partial charge is 0.240 e. The van der Waals surface area contributed by atoms with Crippen LogP contribution in [-0.2, 0) is 9.59 Å². The molecule has 1 heterocycles. The van der Waals surface area contributed by atoms with Gasteiger partial charge in [-0.3, -0.25) is 15.0 Å². The van der Waals surface area contributed by atoms with Gasteiger partial charge in [0.25, 0.3) is 0 Å². The Hall–Kier alpha value is -1.14. The Labute approximate surface area is 102 Å². The van der Waals surface area contributed by atoms with Gasteiger partial charge < -0.3 is 10.2 Å². The van der Waals surface area contributed by atoms with E-state index in [4.69, 9.17) is 5.84 Å². The maximum atomic E-state index is 11.5. The van der Waals surface area contributed by atoms with Crippen LogP contribution in [0.1, 0.15) is 27.2 Å². The highest BCUT2D eigenvalue weighted by atomic mass is 16.2. The number of hydrazine groups is 1. The molecule has 98 valence electrons. The summed E-state index contributed by atoms with van der Waals surface area (Å²) >= 11 is 0. The quantitative estimate of drug-likeness (QED) is 0.342. The van der Waals surface area contributed by atoms with Crippen molar-refractivity contribution >= 4 is 11.8 Å². The van der Waals surface area contributed by atoms with Gasteiger partial charge in [0.2, 0.25) is 11.8 Å². The van der Waals surface area contributed by atoms with E-state index in [1.165, 1.54) is 6.92 Å². The predicted octanol–water partition coefficient (Wildman–Crippen LogP) is -0.787. The normalized spacial score (nSPS) is 21.3. The van der Waals surface area contributed by atoms with Crippen LogP contribution in [0.5, 0.6) is 0 Å². The topological polar surface area (TPSA) is 87.5 Å². The molecule has 0 radical (unpaired) electrons. The van der Waals surface area contributed by atoms with Crippen LogP contribution in [0.2, 0.25) is 0 Å². The first-order chi connectivity index (χ1) is 7.85. The molecule has 0 aromatic heterocycles. The lowest BCUT2D eigenvalue weighted by molar-refractivity contribution is -0.130. The molecule has 1 saturated heterocycles. The van der Waals surface area contributed by atoms with Gasteiger partial charge in [-0.05, 0) is 20.3 Å². The molecule has 17 heavy (non-hydrogen) atoms. The zero-order valence-electron chi connectivity index (χ0n) is 10.7. The molecule has 1 fully saturated rings. The molecule has 2 amide bonds. The first-order valence-corrected chi connectivity index (χ1v) is 5.85. The van der Waals surface area contributed by atoms with Gasteiger partial charge in [0.05, 0.1) is 5.41 Å². The molecule has 0 aromatic rings. The van der Waals surface area contributed by atoms with E-state index >= 15 is 0 Å². The third kappa shape index (κ3) is 3.98. The second kappa shape index (κ2) is 5.46. The van der Waals surface area contributed by atoms with Crippen LogP contribution in [0.15, 0.2) is 0 Å². The van der Waals surface area contributed by atoms with Crippen LogP contribution in [0.3, 0.4) is 0 Å². The van der Waals surface area contributed by atoms with Gasteiger partial charge in [0.1, 0.15) is 0 Å². The van der Waals surface area contributed by atoms with Crippen molar-refractivity contribution in [2.45, 2.75) is 33.2 Å². The Morgan fingerprint density at radius 2 is 2.12 bits per heavy atom. The van der Waals surface area contributed by atoms with Crippen LogP contribution >= 0.6 is 0 Å². The van der Waals surface area contributed by atoms with Crippen LogP contribution in [0, 0.1) is 5.41 Å². The molecule has 0 bridgehead atoms. The molecule has 0 saturated carbocycles. The summed E-state index contributed by atoms with van der Waals surface area (Å²) in [6.07, 6.45) is 0.930. The lowest BCUT2D eigenvalue weighted by Gasteiger charge is -2.28. The highest BCUT2D eigenvalue weighted by molar-refractivity contribution is 5.81. The summed E-state index contributed by atoms with van der Waals surface area (Å²) in [6.45, 7) is 7.58. The molecular formula is C11H22N4O2. The van der Waals surface area contributed by atoms with Gasteiger partial charge in [-0.25, -0.2) is 5.84 Å². The van der Waals surface area contributed by atoms with Gasteiger partial charge in [-0.15, -0.1) is 0 Å². The maximum absolute atomic E-state index is 11.5. The van der Waals surface area contributed by atoms with Crippen molar-refractivity contribution in [3.05, 3.63) is 0 Å². The fourth-order valence-corrected chi connectivity index (χ4v) is 2.21. The summed E-state index contributed by atoms with van der Waals surface area (Å²) in [4.78, 5) is 24.7. The number of nitrogens with zero attached hydrogens (tertiary/aromatic N) is 1. The molecule has 4 N–H and O–H groups in total. The van der Waals surface area contributed by atoms with E-state index in [1.54, 1.807) is 0 Å². The Morgan fingerprint density at radius 1 is 1.47 bits per heavy atom. The van der Waals surface area contributed by atoms with Crippen molar-refractivity contribution in [2.75, 3.05) is 19.6 Å². The lowest BCUT2D eigenvalue weighted by atomic mass is 9.92. The SMILES string of the molecule is CC(=O)NC1CCN(CC(C)(C)C(=O)NN)C1. The van der Waals surface area contributed by atoms with Crippen molar-refractivity contribution in [3.63, 3.8) is 0 Å². The number of hydrogen-bond donors (Lipinski definition) is 3. The average Bonchev–Trinajstić information content (AvgIpc) is 2.62. The van der Waals surface area contributed by atoms with Gasteiger partial charge in [0.15, 0.2) is 0 Å². The molecular weight excluding hydrogens is 220 g/mol. The predicted molar refractivity (Wildman–Crippen MR) is 64.8 cm³/mol. The zero-order chi connectivity index (χ0) is 13.1. The second-order valence-electron chi connectivity index (χ2n) is 5.28. The maximum Gasteiger partial charge on any atom is 0.240 e. The van der Waals surface area contributed by atoms with Gasteiger partial charge in [0, 0.05) is 32.6 Å². The Balaban J connectivity index is 2.44. The third-order valence-electron chi connectivity index (χ3n) is 3.04. The number of amides is 2. The molecule has 6 heteroatoms. The number of nitrogens with one attached hydrogen (secondary N) is 2. The molecule has 1 unspecified atom stereocenters. The summed E-state index contributed by atoms with van der Waals surface area (Å²) in [5.74, 6) is 4.98. The van der Waals surface area contributed by atoms with Crippen molar-refractivity contribution in [2.24, 2.45) is 11.3 Å². The van der Waals surface area contributed by atoms with Crippen molar-refractivity contribution in [3.8, 4) is 0 Å². The number of carbonyl (C=O) groups excluding carboxylic acids is 2. The minimum absolute atomic E-state index is 0.00388. The molecule has 0 spiro atoms. The highest BCUT2D eigenvalue weighted by Crippen LogP contribution is 2.20. The van der Waals surface area contributed by atoms with Crippen LogP contribution in [0.4, 0.5) is 0 Å². The summed E-state index contributed by atoms with van der Waals surface area (Å²) in [5, 5.41) is 2.89. The number of rotatable bonds is 4. The van der Waals surface area contributed by atoms with E-state index < -0.39 is 5.41 Å². The van der Waals surface area contributed by atoms with E-state index in [1.807, 2.05) is 13.8 Å². The molecule has 6 nitrogen and oxygen atoms in total. The molecule has 1 atom stereocenters. The first kappa shape index (κ1) is 13.9. The van der Waals surface area contributed by atoms with Crippen molar-refractivity contribution in [1.82, 2.24) is 15.6 Å².